The van der Waals surface area contributed by atoms with E-state index in [0.29, 0.717) is 6.04 Å². The van der Waals surface area contributed by atoms with Gasteiger partial charge in [-0.3, -0.25) is 9.69 Å². The van der Waals surface area contributed by atoms with Crippen molar-refractivity contribution in [1.29, 1.82) is 0 Å². The molecule has 1 spiro atoms. The van der Waals surface area contributed by atoms with Gasteiger partial charge in [0, 0.05) is 35.6 Å². The van der Waals surface area contributed by atoms with Crippen molar-refractivity contribution in [2.75, 3.05) is 19.0 Å². The molecule has 0 amide bonds. The second-order valence-electron chi connectivity index (χ2n) is 8.65. The fourth-order valence-electron chi connectivity index (χ4n) is 7.49. The number of nitrogens with one attached hydrogen (secondary N) is 1. The number of esters is 1. The van der Waals surface area contributed by atoms with Crippen LogP contribution in [0.25, 0.3) is 0 Å². The van der Waals surface area contributed by atoms with Crippen molar-refractivity contribution in [3.8, 4) is 0 Å². The van der Waals surface area contributed by atoms with Crippen molar-refractivity contribution in [1.82, 2.24) is 4.90 Å². The molecule has 1 aliphatic carbocycles. The van der Waals surface area contributed by atoms with E-state index in [9.17, 15) is 9.90 Å². The third-order valence-electron chi connectivity index (χ3n) is 8.30. The molecule has 1 saturated carbocycles. The van der Waals surface area contributed by atoms with E-state index >= 15 is 0 Å². The van der Waals surface area contributed by atoms with Gasteiger partial charge in [-0.15, -0.1) is 0 Å². The van der Waals surface area contributed by atoms with E-state index in [1.54, 1.807) is 0 Å². The number of aliphatic hydroxyl groups excluding tert-OH is 1. The third-order valence-corrected chi connectivity index (χ3v) is 8.30. The summed E-state index contributed by atoms with van der Waals surface area (Å²) in [4.78, 5) is 15.7. The molecule has 1 aromatic carbocycles. The summed E-state index contributed by atoms with van der Waals surface area (Å²) in [6.07, 6.45) is 3.15. The maximum atomic E-state index is 13.2. The molecule has 4 saturated heterocycles. The van der Waals surface area contributed by atoms with Crippen LogP contribution in [0.2, 0.25) is 0 Å². The minimum absolute atomic E-state index is 0.0570. The number of para-hydroxylation sites is 1. The average molecular weight is 352 g/mol. The molecule has 5 fully saturated rings. The van der Waals surface area contributed by atoms with Crippen LogP contribution >= 0.6 is 0 Å². The van der Waals surface area contributed by atoms with Crippen molar-refractivity contribution in [2.24, 2.45) is 11.3 Å². The number of carbonyl (C=O) groups excluding carboxylic acids is 1. The molecule has 2 N–H and O–H groups in total. The molecule has 5 heteroatoms. The van der Waals surface area contributed by atoms with Crippen molar-refractivity contribution in [3.05, 3.63) is 41.5 Å². The number of carbonyl (C=O) groups is 1. The van der Waals surface area contributed by atoms with E-state index in [-0.39, 0.29) is 24.0 Å². The molecule has 0 radical (unpaired) electrons. The average Bonchev–Trinajstić information content (AvgIpc) is 3.13. The minimum Gasteiger partial charge on any atom is -0.468 e. The topological polar surface area (TPSA) is 61.8 Å². The van der Waals surface area contributed by atoms with E-state index in [4.69, 9.17) is 4.74 Å². The van der Waals surface area contributed by atoms with Gasteiger partial charge in [-0.1, -0.05) is 29.8 Å². The van der Waals surface area contributed by atoms with Gasteiger partial charge in [0.15, 0.2) is 0 Å². The lowest BCUT2D eigenvalue weighted by Crippen LogP contribution is -2.71. The summed E-state index contributed by atoms with van der Waals surface area (Å²) < 4.78 is 5.34. The minimum atomic E-state index is -0.848. The molecule has 1 aromatic rings. The maximum Gasteiger partial charge on any atom is 0.316 e. The predicted octanol–water partition coefficient (Wildman–Crippen LogP) is 1.68. The number of fused-ring (bicyclic) bond motifs is 2. The molecule has 0 aromatic heterocycles. The van der Waals surface area contributed by atoms with Crippen LogP contribution < -0.4 is 5.32 Å². The monoisotopic (exact) mass is 352 g/mol. The van der Waals surface area contributed by atoms with Crippen molar-refractivity contribution < 1.29 is 14.6 Å². The fraction of sp³-hybridized carbons (Fsp3) is 0.571. The first kappa shape index (κ1) is 15.2. The van der Waals surface area contributed by atoms with Crippen LogP contribution in [-0.2, 0) is 14.9 Å². The molecule has 26 heavy (non-hydrogen) atoms. The standard InChI is InChI=1S/C21H24N2O3/c1-3-11-10-23-15-8-13(11)21(19(25)26-2)16(23)9-20(18(21)24)12-6-4-5-7-14(12)22-17(15)20/h3-7,13,15-18,22,24H,8-10H2,1-2H3. The normalized spacial score (nSPS) is 50.5. The Morgan fingerprint density at radius 1 is 1.42 bits per heavy atom. The van der Waals surface area contributed by atoms with Crippen LogP contribution in [0.3, 0.4) is 0 Å². The van der Waals surface area contributed by atoms with Crippen molar-refractivity contribution >= 4 is 11.7 Å². The number of rotatable bonds is 1. The summed E-state index contributed by atoms with van der Waals surface area (Å²) in [5, 5.41) is 15.6. The Kier molecular flexibility index (Phi) is 2.65. The molecular weight excluding hydrogens is 328 g/mol. The number of hydrogen-bond acceptors (Lipinski definition) is 5. The molecule has 5 heterocycles. The molecule has 5 bridgehead atoms. The van der Waals surface area contributed by atoms with Gasteiger partial charge >= 0.3 is 5.97 Å². The zero-order valence-corrected chi connectivity index (χ0v) is 15.1. The molecule has 8 unspecified atom stereocenters. The van der Waals surface area contributed by atoms with E-state index in [0.717, 1.165) is 25.1 Å². The zero-order valence-electron chi connectivity index (χ0n) is 15.1. The highest BCUT2D eigenvalue weighted by Crippen LogP contribution is 2.71. The first-order chi connectivity index (χ1) is 12.6. The van der Waals surface area contributed by atoms with Gasteiger partial charge in [-0.05, 0) is 31.4 Å². The van der Waals surface area contributed by atoms with Crippen LogP contribution in [0.15, 0.2) is 35.9 Å². The maximum absolute atomic E-state index is 13.2. The molecular formula is C21H24N2O3. The van der Waals surface area contributed by atoms with Gasteiger partial charge in [0.2, 0.25) is 0 Å². The van der Waals surface area contributed by atoms with Crippen LogP contribution in [0, 0.1) is 11.3 Å². The lowest BCUT2D eigenvalue weighted by atomic mass is 9.58. The molecule has 6 aliphatic rings. The molecule has 136 valence electrons. The summed E-state index contributed by atoms with van der Waals surface area (Å²) in [5.74, 6) is -0.154. The number of piperidine rings is 4. The summed E-state index contributed by atoms with van der Waals surface area (Å²) in [6, 6.07) is 8.89. The summed E-state index contributed by atoms with van der Waals surface area (Å²) in [7, 11) is 1.46. The van der Waals surface area contributed by atoms with E-state index in [2.05, 4.69) is 35.3 Å². The summed E-state index contributed by atoms with van der Waals surface area (Å²) in [6.45, 7) is 2.96. The Morgan fingerprint density at radius 3 is 3.00 bits per heavy atom. The smallest absolute Gasteiger partial charge is 0.316 e. The predicted molar refractivity (Wildman–Crippen MR) is 96.7 cm³/mol. The highest BCUT2D eigenvalue weighted by atomic mass is 16.5. The number of methoxy groups -OCH3 is 1. The summed E-state index contributed by atoms with van der Waals surface area (Å²) >= 11 is 0. The first-order valence-corrected chi connectivity index (χ1v) is 9.64. The summed E-state index contributed by atoms with van der Waals surface area (Å²) in [5.41, 5.74) is 2.34. The zero-order chi connectivity index (χ0) is 17.8. The van der Waals surface area contributed by atoms with E-state index < -0.39 is 16.9 Å². The van der Waals surface area contributed by atoms with Gasteiger partial charge in [-0.2, -0.15) is 0 Å². The number of aliphatic hydroxyl groups is 1. The highest BCUT2D eigenvalue weighted by molar-refractivity contribution is 5.84. The lowest BCUT2D eigenvalue weighted by Gasteiger charge is -2.60. The molecule has 8 atom stereocenters. The molecule has 5 nitrogen and oxygen atoms in total. The Hall–Kier alpha value is -1.85. The first-order valence-electron chi connectivity index (χ1n) is 9.64. The van der Waals surface area contributed by atoms with Gasteiger partial charge in [0.1, 0.15) is 5.41 Å². The number of nitrogens with zero attached hydrogens (tertiary/aromatic N) is 1. The highest BCUT2D eigenvalue weighted by Gasteiger charge is 2.82. The van der Waals surface area contributed by atoms with Gasteiger partial charge in [-0.25, -0.2) is 0 Å². The van der Waals surface area contributed by atoms with Crippen LogP contribution in [-0.4, -0.2) is 53.9 Å². The van der Waals surface area contributed by atoms with Gasteiger partial charge in [0.25, 0.3) is 0 Å². The van der Waals surface area contributed by atoms with Gasteiger partial charge in [0.05, 0.1) is 19.3 Å². The number of benzene rings is 1. The Labute approximate surface area is 153 Å². The second kappa shape index (κ2) is 4.52. The van der Waals surface area contributed by atoms with Crippen LogP contribution in [0.1, 0.15) is 25.3 Å². The largest absolute Gasteiger partial charge is 0.468 e. The Morgan fingerprint density at radius 2 is 2.23 bits per heavy atom. The van der Waals surface area contributed by atoms with Gasteiger partial charge < -0.3 is 15.2 Å². The quantitative estimate of drug-likeness (QED) is 0.595. The lowest BCUT2D eigenvalue weighted by molar-refractivity contribution is -0.179. The second-order valence-corrected chi connectivity index (χ2v) is 8.65. The molecule has 7 rings (SSSR count). The van der Waals surface area contributed by atoms with Crippen molar-refractivity contribution in [2.45, 2.75) is 49.4 Å². The Bertz CT molecular complexity index is 867. The number of anilines is 1. The fourth-order valence-corrected chi connectivity index (χ4v) is 7.49. The number of hydrogen-bond donors (Lipinski definition) is 2. The third kappa shape index (κ3) is 1.28. The van der Waals surface area contributed by atoms with Crippen LogP contribution in [0.4, 0.5) is 5.69 Å². The number of ether oxygens (including phenoxy) is 1. The van der Waals surface area contributed by atoms with E-state index in [1.807, 2.05) is 12.1 Å². The number of allylic oxidation sites excluding steroid dienone is 1. The SMILES string of the molecule is CC=C1CN2C3CC1C1(C(=O)OC)C2CC2(c4ccccc4NC32)C1O. The van der Waals surface area contributed by atoms with Crippen LogP contribution in [0.5, 0.6) is 0 Å². The van der Waals surface area contributed by atoms with E-state index in [1.165, 1.54) is 18.2 Å². The molecule has 5 aliphatic heterocycles. The van der Waals surface area contributed by atoms with Crippen molar-refractivity contribution in [3.63, 3.8) is 0 Å². The Balaban J connectivity index is 1.65.